The van der Waals surface area contributed by atoms with Gasteiger partial charge in [-0.25, -0.2) is 0 Å². The van der Waals surface area contributed by atoms with Crippen LogP contribution in [0.2, 0.25) is 0 Å². The van der Waals surface area contributed by atoms with Crippen molar-refractivity contribution in [2.24, 2.45) is 11.8 Å². The van der Waals surface area contributed by atoms with Crippen molar-refractivity contribution >= 4 is 12.1 Å². The first kappa shape index (κ1) is 15.2. The second-order valence-corrected chi connectivity index (χ2v) is 6.45. The summed E-state index contributed by atoms with van der Waals surface area (Å²) in [5.41, 5.74) is -0.902. The summed E-state index contributed by atoms with van der Waals surface area (Å²) in [6.07, 6.45) is 0.0672. The van der Waals surface area contributed by atoms with Gasteiger partial charge in [0, 0.05) is 17.9 Å². The Hall–Kier alpha value is -1.20. The minimum atomic E-state index is -1.24. The Morgan fingerprint density at radius 2 is 2.20 bits per heavy atom. The molecule has 0 spiro atoms. The average molecular weight is 282 g/mol. The van der Waals surface area contributed by atoms with Crippen LogP contribution >= 0.6 is 0 Å². The van der Waals surface area contributed by atoms with Gasteiger partial charge >= 0.3 is 0 Å². The molecule has 0 saturated heterocycles. The van der Waals surface area contributed by atoms with E-state index in [1.807, 2.05) is 13.8 Å². The largest absolute Gasteiger partial charge is 0.483 e. The SMILES string of the molecule is CC(C)CC(=O)C1=C(C=O)[C@H]2CC[C@](C)(O)[C@H](O)[C@H]2O1. The monoisotopic (exact) mass is 282 g/mol. The molecule has 1 saturated carbocycles. The van der Waals surface area contributed by atoms with E-state index >= 15 is 0 Å². The lowest BCUT2D eigenvalue weighted by molar-refractivity contribution is -0.155. The summed E-state index contributed by atoms with van der Waals surface area (Å²) in [5.74, 6) is -0.250. The molecular weight excluding hydrogens is 260 g/mol. The molecule has 20 heavy (non-hydrogen) atoms. The van der Waals surface area contributed by atoms with E-state index in [-0.39, 0.29) is 23.4 Å². The van der Waals surface area contributed by atoms with Crippen LogP contribution in [0.15, 0.2) is 11.3 Å². The van der Waals surface area contributed by atoms with Gasteiger partial charge in [0.05, 0.1) is 5.60 Å². The van der Waals surface area contributed by atoms with E-state index < -0.39 is 17.8 Å². The molecule has 1 aliphatic heterocycles. The third-order valence-corrected chi connectivity index (χ3v) is 4.20. The van der Waals surface area contributed by atoms with Crippen molar-refractivity contribution in [3.05, 3.63) is 11.3 Å². The molecule has 112 valence electrons. The second kappa shape index (κ2) is 5.30. The molecule has 0 amide bonds. The molecule has 0 aromatic rings. The Balaban J connectivity index is 2.26. The maximum Gasteiger partial charge on any atom is 0.198 e. The van der Waals surface area contributed by atoms with Gasteiger partial charge < -0.3 is 14.9 Å². The molecule has 2 N–H and O–H groups in total. The number of Topliss-reactive ketones (excluding diaryl/α,β-unsaturated/α-hetero) is 1. The number of fused-ring (bicyclic) bond motifs is 1. The highest BCUT2D eigenvalue weighted by molar-refractivity contribution is 5.99. The normalized spacial score (nSPS) is 36.8. The molecule has 0 unspecified atom stereocenters. The molecule has 0 aromatic carbocycles. The lowest BCUT2D eigenvalue weighted by Gasteiger charge is -2.40. The van der Waals surface area contributed by atoms with E-state index in [4.69, 9.17) is 4.74 Å². The molecule has 0 radical (unpaired) electrons. The molecule has 1 aliphatic carbocycles. The van der Waals surface area contributed by atoms with Gasteiger partial charge in [0.1, 0.15) is 18.5 Å². The van der Waals surface area contributed by atoms with E-state index in [1.165, 1.54) is 0 Å². The number of hydrogen-bond acceptors (Lipinski definition) is 5. The summed E-state index contributed by atoms with van der Waals surface area (Å²) < 4.78 is 5.57. The second-order valence-electron chi connectivity index (χ2n) is 6.45. The standard InChI is InChI=1S/C15H22O5/c1-8(2)6-11(17)12-10(7-16)9-4-5-15(3,19)14(18)13(9)20-12/h7-9,13-14,18-19H,4-6H2,1-3H3/t9-,13+,14-,15+/m1/s1. The van der Waals surface area contributed by atoms with Crippen molar-refractivity contribution in [2.45, 2.75) is 57.8 Å². The predicted molar refractivity (Wildman–Crippen MR) is 71.8 cm³/mol. The van der Waals surface area contributed by atoms with Crippen molar-refractivity contribution in [1.82, 2.24) is 0 Å². The molecule has 0 bridgehead atoms. The first-order valence-electron chi connectivity index (χ1n) is 7.07. The number of carbonyl (C=O) groups excluding carboxylic acids is 2. The smallest absolute Gasteiger partial charge is 0.198 e. The van der Waals surface area contributed by atoms with Crippen LogP contribution in [0, 0.1) is 11.8 Å². The Bertz CT molecular complexity index is 449. The van der Waals surface area contributed by atoms with Crippen LogP contribution in [0.4, 0.5) is 0 Å². The van der Waals surface area contributed by atoms with Gasteiger partial charge in [-0.05, 0) is 25.7 Å². The lowest BCUT2D eigenvalue weighted by Crippen LogP contribution is -2.53. The van der Waals surface area contributed by atoms with Crippen molar-refractivity contribution in [3.8, 4) is 0 Å². The number of aldehydes is 1. The van der Waals surface area contributed by atoms with Crippen LogP contribution in [0.25, 0.3) is 0 Å². The Kier molecular flexibility index (Phi) is 4.02. The Morgan fingerprint density at radius 1 is 1.55 bits per heavy atom. The van der Waals surface area contributed by atoms with Crippen LogP contribution in [0.1, 0.15) is 40.0 Å². The highest BCUT2D eigenvalue weighted by atomic mass is 16.5. The fourth-order valence-electron chi connectivity index (χ4n) is 3.02. The number of allylic oxidation sites excluding steroid dienone is 1. The molecular formula is C15H22O5. The quantitative estimate of drug-likeness (QED) is 0.751. The molecule has 4 atom stereocenters. The third kappa shape index (κ3) is 2.52. The highest BCUT2D eigenvalue weighted by Crippen LogP contribution is 2.43. The number of aliphatic hydroxyl groups excluding tert-OH is 1. The lowest BCUT2D eigenvalue weighted by atomic mass is 9.74. The van der Waals surface area contributed by atoms with Gasteiger partial charge in [0.25, 0.3) is 0 Å². The minimum absolute atomic E-state index is 0.0838. The van der Waals surface area contributed by atoms with Gasteiger partial charge in [0.15, 0.2) is 11.5 Å². The van der Waals surface area contributed by atoms with Crippen molar-refractivity contribution in [1.29, 1.82) is 0 Å². The third-order valence-electron chi connectivity index (χ3n) is 4.20. The molecule has 5 nitrogen and oxygen atoms in total. The van der Waals surface area contributed by atoms with E-state index in [2.05, 4.69) is 0 Å². The topological polar surface area (TPSA) is 83.8 Å². The number of ketones is 1. The Morgan fingerprint density at radius 3 is 2.75 bits per heavy atom. The zero-order valence-corrected chi connectivity index (χ0v) is 12.1. The Labute approximate surface area is 118 Å². The molecule has 1 fully saturated rings. The van der Waals surface area contributed by atoms with Gasteiger partial charge in [-0.2, -0.15) is 0 Å². The summed E-state index contributed by atoms with van der Waals surface area (Å²) in [5, 5.41) is 20.3. The fourth-order valence-corrected chi connectivity index (χ4v) is 3.02. The van der Waals surface area contributed by atoms with Crippen LogP contribution in [0.3, 0.4) is 0 Å². The molecule has 0 aromatic heterocycles. The molecule has 2 rings (SSSR count). The summed E-state index contributed by atoms with van der Waals surface area (Å²) in [6, 6.07) is 0. The zero-order valence-electron chi connectivity index (χ0n) is 12.1. The van der Waals surface area contributed by atoms with Crippen molar-refractivity contribution in [3.63, 3.8) is 0 Å². The van der Waals surface area contributed by atoms with Crippen LogP contribution in [0.5, 0.6) is 0 Å². The van der Waals surface area contributed by atoms with Gasteiger partial charge in [0.2, 0.25) is 0 Å². The average Bonchev–Trinajstić information content (AvgIpc) is 2.72. The first-order valence-corrected chi connectivity index (χ1v) is 7.07. The van der Waals surface area contributed by atoms with E-state index in [0.29, 0.717) is 31.1 Å². The summed E-state index contributed by atoms with van der Waals surface area (Å²) in [7, 11) is 0. The number of rotatable bonds is 4. The van der Waals surface area contributed by atoms with Crippen LogP contribution in [-0.2, 0) is 14.3 Å². The van der Waals surface area contributed by atoms with Crippen molar-refractivity contribution < 1.29 is 24.5 Å². The fraction of sp³-hybridized carbons (Fsp3) is 0.733. The van der Waals surface area contributed by atoms with Gasteiger partial charge in [-0.1, -0.05) is 13.8 Å². The van der Waals surface area contributed by atoms with Crippen molar-refractivity contribution in [2.75, 3.05) is 0 Å². The van der Waals surface area contributed by atoms with E-state index in [0.717, 1.165) is 0 Å². The van der Waals surface area contributed by atoms with E-state index in [1.54, 1.807) is 6.92 Å². The maximum atomic E-state index is 12.2. The summed E-state index contributed by atoms with van der Waals surface area (Å²) >= 11 is 0. The highest BCUT2D eigenvalue weighted by Gasteiger charge is 2.52. The number of carbonyl (C=O) groups is 2. The molecule has 5 heteroatoms. The molecule has 1 heterocycles. The van der Waals surface area contributed by atoms with Crippen LogP contribution < -0.4 is 0 Å². The van der Waals surface area contributed by atoms with Gasteiger partial charge in [-0.15, -0.1) is 0 Å². The minimum Gasteiger partial charge on any atom is -0.483 e. The summed E-state index contributed by atoms with van der Waals surface area (Å²) in [4.78, 5) is 23.4. The number of ether oxygens (including phenoxy) is 1. The number of hydrogen-bond donors (Lipinski definition) is 2. The number of aliphatic hydroxyl groups is 2. The van der Waals surface area contributed by atoms with Gasteiger partial charge in [-0.3, -0.25) is 9.59 Å². The van der Waals surface area contributed by atoms with E-state index in [9.17, 15) is 19.8 Å². The first-order chi connectivity index (χ1) is 9.27. The van der Waals surface area contributed by atoms with Crippen LogP contribution in [-0.4, -0.2) is 40.1 Å². The predicted octanol–water partition coefficient (Wildman–Crippen LogP) is 0.975. The summed E-state index contributed by atoms with van der Waals surface area (Å²) in [6.45, 7) is 5.38. The molecule has 2 aliphatic rings. The zero-order chi connectivity index (χ0) is 15.1. The maximum absolute atomic E-state index is 12.2.